The third kappa shape index (κ3) is 3.89. The molecule has 0 saturated carbocycles. The van der Waals surface area contributed by atoms with E-state index in [1.165, 1.54) is 4.31 Å². The van der Waals surface area contributed by atoms with Crippen molar-refractivity contribution in [2.75, 3.05) is 7.05 Å². The SMILES string of the molecule is CCCc1ccc(S(=O)(=O)N(C)Cc2cccnc2)cc1. The Labute approximate surface area is 126 Å². The van der Waals surface area contributed by atoms with Gasteiger partial charge < -0.3 is 0 Å². The maximum absolute atomic E-state index is 12.5. The van der Waals surface area contributed by atoms with Crippen LogP contribution in [0.4, 0.5) is 0 Å². The van der Waals surface area contributed by atoms with Crippen LogP contribution >= 0.6 is 0 Å². The number of aryl methyl sites for hydroxylation is 1. The Kier molecular flexibility index (Phi) is 5.09. The number of pyridine rings is 1. The summed E-state index contributed by atoms with van der Waals surface area (Å²) < 4.78 is 26.4. The molecule has 21 heavy (non-hydrogen) atoms. The second kappa shape index (κ2) is 6.83. The number of hydrogen-bond acceptors (Lipinski definition) is 3. The number of rotatable bonds is 6. The maximum Gasteiger partial charge on any atom is 0.243 e. The molecule has 0 saturated heterocycles. The zero-order chi connectivity index (χ0) is 15.3. The fourth-order valence-electron chi connectivity index (χ4n) is 2.13. The summed E-state index contributed by atoms with van der Waals surface area (Å²) in [4.78, 5) is 4.33. The maximum atomic E-state index is 12.5. The molecule has 1 aromatic heterocycles. The van der Waals surface area contributed by atoms with E-state index in [0.29, 0.717) is 11.4 Å². The van der Waals surface area contributed by atoms with E-state index in [2.05, 4.69) is 11.9 Å². The van der Waals surface area contributed by atoms with E-state index in [1.807, 2.05) is 18.2 Å². The average Bonchev–Trinajstić information content (AvgIpc) is 2.49. The highest BCUT2D eigenvalue weighted by Gasteiger charge is 2.20. The van der Waals surface area contributed by atoms with Crippen LogP contribution in [0, 0.1) is 0 Å². The van der Waals surface area contributed by atoms with Crippen molar-refractivity contribution >= 4 is 10.0 Å². The van der Waals surface area contributed by atoms with E-state index in [1.54, 1.807) is 37.6 Å². The number of sulfonamides is 1. The Morgan fingerprint density at radius 1 is 1.10 bits per heavy atom. The van der Waals surface area contributed by atoms with Crippen molar-refractivity contribution in [3.63, 3.8) is 0 Å². The van der Waals surface area contributed by atoms with Crippen molar-refractivity contribution in [3.05, 3.63) is 59.9 Å². The van der Waals surface area contributed by atoms with Crippen LogP contribution in [-0.4, -0.2) is 24.8 Å². The molecule has 0 atom stereocenters. The van der Waals surface area contributed by atoms with Gasteiger partial charge in [0.05, 0.1) is 4.90 Å². The third-order valence-electron chi connectivity index (χ3n) is 3.30. The topological polar surface area (TPSA) is 50.3 Å². The van der Waals surface area contributed by atoms with Crippen molar-refractivity contribution in [1.29, 1.82) is 0 Å². The normalized spacial score (nSPS) is 11.8. The summed E-state index contributed by atoms with van der Waals surface area (Å²) in [6.45, 7) is 2.42. The molecule has 0 bridgehead atoms. The van der Waals surface area contributed by atoms with Crippen molar-refractivity contribution < 1.29 is 8.42 Å². The summed E-state index contributed by atoms with van der Waals surface area (Å²) >= 11 is 0. The van der Waals surface area contributed by atoms with Gasteiger partial charge in [-0.1, -0.05) is 31.5 Å². The smallest absolute Gasteiger partial charge is 0.243 e. The van der Waals surface area contributed by atoms with Crippen LogP contribution < -0.4 is 0 Å². The molecule has 0 spiro atoms. The van der Waals surface area contributed by atoms with E-state index >= 15 is 0 Å². The van der Waals surface area contributed by atoms with Gasteiger partial charge in [0.1, 0.15) is 0 Å². The highest BCUT2D eigenvalue weighted by molar-refractivity contribution is 7.89. The highest BCUT2D eigenvalue weighted by atomic mass is 32.2. The van der Waals surface area contributed by atoms with Crippen molar-refractivity contribution in [1.82, 2.24) is 9.29 Å². The predicted octanol–water partition coefficient (Wildman–Crippen LogP) is 2.85. The molecular weight excluding hydrogens is 284 g/mol. The minimum Gasteiger partial charge on any atom is -0.264 e. The molecule has 0 radical (unpaired) electrons. The van der Waals surface area contributed by atoms with E-state index in [9.17, 15) is 8.42 Å². The highest BCUT2D eigenvalue weighted by Crippen LogP contribution is 2.17. The molecule has 0 fully saturated rings. The number of benzene rings is 1. The van der Waals surface area contributed by atoms with Gasteiger partial charge in [0.2, 0.25) is 10.0 Å². The Hall–Kier alpha value is -1.72. The minimum absolute atomic E-state index is 0.312. The van der Waals surface area contributed by atoms with Gasteiger partial charge in [0.15, 0.2) is 0 Å². The standard InChI is InChI=1S/C16H20N2O2S/c1-3-5-14-7-9-16(10-8-14)21(19,20)18(2)13-15-6-4-11-17-12-15/h4,6-12H,3,5,13H2,1-2H3. The lowest BCUT2D eigenvalue weighted by atomic mass is 10.1. The Morgan fingerprint density at radius 2 is 1.81 bits per heavy atom. The first-order chi connectivity index (χ1) is 10.0. The molecular formula is C16H20N2O2S. The van der Waals surface area contributed by atoms with Gasteiger partial charge in [-0.25, -0.2) is 8.42 Å². The molecule has 2 rings (SSSR count). The van der Waals surface area contributed by atoms with Crippen LogP contribution in [0.2, 0.25) is 0 Å². The lowest BCUT2D eigenvalue weighted by Gasteiger charge is -2.17. The van der Waals surface area contributed by atoms with Gasteiger partial charge in [0, 0.05) is 26.0 Å². The largest absolute Gasteiger partial charge is 0.264 e. The minimum atomic E-state index is -3.46. The summed E-state index contributed by atoms with van der Waals surface area (Å²) in [7, 11) is -1.88. The zero-order valence-corrected chi connectivity index (χ0v) is 13.2. The second-order valence-corrected chi connectivity index (χ2v) is 7.06. The average molecular weight is 304 g/mol. The van der Waals surface area contributed by atoms with Crippen LogP contribution in [0.5, 0.6) is 0 Å². The quantitative estimate of drug-likeness (QED) is 0.824. The Morgan fingerprint density at radius 3 is 2.38 bits per heavy atom. The fraction of sp³-hybridized carbons (Fsp3) is 0.312. The van der Waals surface area contributed by atoms with Gasteiger partial charge in [-0.2, -0.15) is 4.31 Å². The monoisotopic (exact) mass is 304 g/mol. The third-order valence-corrected chi connectivity index (χ3v) is 5.12. The first kappa shape index (κ1) is 15.7. The van der Waals surface area contributed by atoms with Crippen LogP contribution in [0.25, 0.3) is 0 Å². The molecule has 4 nitrogen and oxygen atoms in total. The molecule has 2 aromatic rings. The molecule has 112 valence electrons. The summed E-state index contributed by atoms with van der Waals surface area (Å²) in [5, 5.41) is 0. The second-order valence-electron chi connectivity index (χ2n) is 5.02. The molecule has 1 aromatic carbocycles. The zero-order valence-electron chi connectivity index (χ0n) is 12.4. The van der Waals surface area contributed by atoms with Gasteiger partial charge in [-0.05, 0) is 35.7 Å². The number of nitrogens with zero attached hydrogens (tertiary/aromatic N) is 2. The summed E-state index contributed by atoms with van der Waals surface area (Å²) in [6, 6.07) is 10.8. The molecule has 0 aliphatic rings. The van der Waals surface area contributed by atoms with E-state index in [-0.39, 0.29) is 0 Å². The van der Waals surface area contributed by atoms with E-state index in [0.717, 1.165) is 24.0 Å². The Balaban J connectivity index is 2.16. The lowest BCUT2D eigenvalue weighted by Crippen LogP contribution is -2.26. The summed E-state index contributed by atoms with van der Waals surface area (Å²) in [5.74, 6) is 0. The van der Waals surface area contributed by atoms with Crippen LogP contribution in [-0.2, 0) is 23.0 Å². The fourth-order valence-corrected chi connectivity index (χ4v) is 3.29. The van der Waals surface area contributed by atoms with Crippen molar-refractivity contribution in [2.24, 2.45) is 0 Å². The van der Waals surface area contributed by atoms with E-state index in [4.69, 9.17) is 0 Å². The van der Waals surface area contributed by atoms with Gasteiger partial charge in [-0.15, -0.1) is 0 Å². The number of aromatic nitrogens is 1. The predicted molar refractivity (Wildman–Crippen MR) is 83.3 cm³/mol. The molecule has 0 N–H and O–H groups in total. The van der Waals surface area contributed by atoms with Gasteiger partial charge in [0.25, 0.3) is 0 Å². The first-order valence-electron chi connectivity index (χ1n) is 6.98. The van der Waals surface area contributed by atoms with Crippen LogP contribution in [0.1, 0.15) is 24.5 Å². The van der Waals surface area contributed by atoms with Gasteiger partial charge >= 0.3 is 0 Å². The molecule has 5 heteroatoms. The number of hydrogen-bond donors (Lipinski definition) is 0. The molecule has 0 aliphatic heterocycles. The summed E-state index contributed by atoms with van der Waals surface area (Å²) in [6.07, 6.45) is 5.36. The summed E-state index contributed by atoms with van der Waals surface area (Å²) in [5.41, 5.74) is 2.03. The molecule has 1 heterocycles. The van der Waals surface area contributed by atoms with Crippen molar-refractivity contribution in [3.8, 4) is 0 Å². The molecule has 0 aliphatic carbocycles. The Bertz CT molecular complexity index is 667. The van der Waals surface area contributed by atoms with Crippen molar-refractivity contribution in [2.45, 2.75) is 31.2 Å². The lowest BCUT2D eigenvalue weighted by molar-refractivity contribution is 0.466. The van der Waals surface area contributed by atoms with E-state index < -0.39 is 10.0 Å². The van der Waals surface area contributed by atoms with Gasteiger partial charge in [-0.3, -0.25) is 4.98 Å². The molecule has 0 unspecified atom stereocenters. The van der Waals surface area contributed by atoms with Crippen LogP contribution in [0.3, 0.4) is 0 Å². The first-order valence-corrected chi connectivity index (χ1v) is 8.42. The molecule has 0 amide bonds. The van der Waals surface area contributed by atoms with Crippen LogP contribution in [0.15, 0.2) is 53.7 Å².